The molecule has 1 aliphatic rings. The summed E-state index contributed by atoms with van der Waals surface area (Å²) in [5.74, 6) is -1.39. The van der Waals surface area contributed by atoms with Crippen molar-refractivity contribution in [1.82, 2.24) is 10.7 Å². The van der Waals surface area contributed by atoms with Crippen molar-refractivity contribution in [3.63, 3.8) is 0 Å². The van der Waals surface area contributed by atoms with Crippen LogP contribution in [0, 0.1) is 10.1 Å². The second kappa shape index (κ2) is 6.89. The number of aliphatic carboxylic acids is 1. The van der Waals surface area contributed by atoms with Crippen LogP contribution in [0.1, 0.15) is 12.0 Å². The molecule has 9 nitrogen and oxygen atoms in total. The van der Waals surface area contributed by atoms with Gasteiger partial charge in [0.05, 0.1) is 22.8 Å². The summed E-state index contributed by atoms with van der Waals surface area (Å²) in [6, 6.07) is 5.79. The highest BCUT2D eigenvalue weighted by molar-refractivity contribution is 8.01. The summed E-state index contributed by atoms with van der Waals surface area (Å²) in [7, 11) is 0. The van der Waals surface area contributed by atoms with E-state index in [0.29, 0.717) is 5.56 Å². The number of nitro groups is 1. The van der Waals surface area contributed by atoms with Crippen LogP contribution >= 0.6 is 11.8 Å². The fourth-order valence-corrected chi connectivity index (χ4v) is 2.77. The lowest BCUT2D eigenvalue weighted by atomic mass is 10.2. The van der Waals surface area contributed by atoms with Gasteiger partial charge in [-0.15, -0.1) is 11.8 Å². The molecule has 22 heavy (non-hydrogen) atoms. The molecule has 0 aliphatic carbocycles. The van der Waals surface area contributed by atoms with E-state index < -0.39 is 21.6 Å². The third-order valence-corrected chi connectivity index (χ3v) is 3.94. The van der Waals surface area contributed by atoms with E-state index in [4.69, 9.17) is 5.11 Å². The van der Waals surface area contributed by atoms with E-state index in [-0.39, 0.29) is 18.0 Å². The number of hydrazone groups is 1. The third kappa shape index (κ3) is 4.19. The molecule has 1 saturated heterocycles. The van der Waals surface area contributed by atoms with E-state index in [0.717, 1.165) is 11.8 Å². The van der Waals surface area contributed by atoms with E-state index in [9.17, 15) is 19.7 Å². The minimum absolute atomic E-state index is 0.0137. The molecular formula is C12H12N4O5S. The van der Waals surface area contributed by atoms with Crippen LogP contribution in [0.4, 0.5) is 5.69 Å². The normalized spacial score (nSPS) is 20.8. The van der Waals surface area contributed by atoms with Crippen molar-refractivity contribution in [2.24, 2.45) is 5.10 Å². The Labute approximate surface area is 128 Å². The van der Waals surface area contributed by atoms with Crippen LogP contribution in [-0.2, 0) is 9.59 Å². The van der Waals surface area contributed by atoms with E-state index in [1.807, 2.05) is 0 Å². The first-order valence-corrected chi connectivity index (χ1v) is 7.10. The van der Waals surface area contributed by atoms with Crippen molar-refractivity contribution in [3.8, 4) is 0 Å². The van der Waals surface area contributed by atoms with Crippen molar-refractivity contribution in [3.05, 3.63) is 39.9 Å². The van der Waals surface area contributed by atoms with Crippen LogP contribution in [-0.4, -0.2) is 38.9 Å². The van der Waals surface area contributed by atoms with Gasteiger partial charge in [0.25, 0.3) is 5.69 Å². The lowest BCUT2D eigenvalue weighted by Gasteiger charge is -2.07. The van der Waals surface area contributed by atoms with Gasteiger partial charge in [0.15, 0.2) is 5.50 Å². The Hall–Kier alpha value is -2.62. The highest BCUT2D eigenvalue weighted by atomic mass is 32.2. The number of amides is 1. The number of carbonyl (C=O) groups excluding carboxylic acids is 1. The monoisotopic (exact) mass is 324 g/mol. The smallest absolute Gasteiger partial charge is 0.305 e. The second-order valence-corrected chi connectivity index (χ2v) is 5.66. The molecule has 0 aromatic heterocycles. The predicted molar refractivity (Wildman–Crippen MR) is 79.4 cm³/mol. The molecule has 1 heterocycles. The van der Waals surface area contributed by atoms with Crippen LogP contribution in [0.2, 0.25) is 0 Å². The first-order chi connectivity index (χ1) is 10.5. The van der Waals surface area contributed by atoms with E-state index in [2.05, 4.69) is 15.8 Å². The highest BCUT2D eigenvalue weighted by Crippen LogP contribution is 2.24. The second-order valence-electron chi connectivity index (χ2n) is 4.35. The average Bonchev–Trinajstić information content (AvgIpc) is 2.79. The quantitative estimate of drug-likeness (QED) is 0.394. The van der Waals surface area contributed by atoms with Crippen LogP contribution in [0.15, 0.2) is 29.4 Å². The number of nitrogens with one attached hydrogen (secondary N) is 2. The molecule has 1 aromatic carbocycles. The highest BCUT2D eigenvalue weighted by Gasteiger charge is 2.33. The van der Waals surface area contributed by atoms with Crippen LogP contribution < -0.4 is 10.7 Å². The Balaban J connectivity index is 1.86. The van der Waals surface area contributed by atoms with Gasteiger partial charge in [0.1, 0.15) is 0 Å². The summed E-state index contributed by atoms with van der Waals surface area (Å²) < 4.78 is 0. The summed E-state index contributed by atoms with van der Waals surface area (Å²) in [6.07, 6.45) is 1.20. The fraction of sp³-hybridized carbons (Fsp3) is 0.250. The number of nitrogens with zero attached hydrogens (tertiary/aromatic N) is 2. The molecule has 3 N–H and O–H groups in total. The number of hydrogen-bond donors (Lipinski definition) is 3. The Morgan fingerprint density at radius 2 is 2.18 bits per heavy atom. The van der Waals surface area contributed by atoms with Gasteiger partial charge in [0.2, 0.25) is 5.91 Å². The van der Waals surface area contributed by atoms with Gasteiger partial charge in [-0.05, 0) is 17.7 Å². The predicted octanol–water partition coefficient (Wildman–Crippen LogP) is 0.508. The molecule has 1 fully saturated rings. The van der Waals surface area contributed by atoms with E-state index in [1.165, 1.54) is 30.5 Å². The van der Waals surface area contributed by atoms with Crippen LogP contribution in [0.5, 0.6) is 0 Å². The minimum atomic E-state index is -1.04. The summed E-state index contributed by atoms with van der Waals surface area (Å²) in [6.45, 7) is 0. The number of non-ortho nitro benzene ring substituents is 1. The number of carbonyl (C=O) groups is 2. The Morgan fingerprint density at radius 3 is 2.77 bits per heavy atom. The number of rotatable bonds is 6. The number of benzene rings is 1. The van der Waals surface area contributed by atoms with Gasteiger partial charge in [-0.25, -0.2) is 0 Å². The number of carboxylic acids is 1. The molecule has 1 aliphatic heterocycles. The molecule has 2 atom stereocenters. The maximum absolute atomic E-state index is 11.5. The van der Waals surface area contributed by atoms with Crippen molar-refractivity contribution in [1.29, 1.82) is 0 Å². The van der Waals surface area contributed by atoms with E-state index in [1.54, 1.807) is 0 Å². The SMILES string of the molecule is O=C(O)C[C@H]1S[C@H](N/N=C\c2ccc([N+](=O)[O-])cc2)NC1=O. The Bertz CT molecular complexity index is 618. The van der Waals surface area contributed by atoms with Crippen molar-refractivity contribution in [2.75, 3.05) is 0 Å². The first kappa shape index (κ1) is 15.8. The largest absolute Gasteiger partial charge is 0.481 e. The summed E-state index contributed by atoms with van der Waals surface area (Å²) in [5.41, 5.74) is 2.80. The Morgan fingerprint density at radius 1 is 1.50 bits per heavy atom. The molecule has 0 saturated carbocycles. The molecule has 1 aromatic rings. The zero-order chi connectivity index (χ0) is 16.1. The summed E-state index contributed by atoms with van der Waals surface area (Å²) in [5, 5.41) is 25.0. The molecule has 0 spiro atoms. The maximum atomic E-state index is 11.5. The van der Waals surface area contributed by atoms with Gasteiger partial charge in [-0.2, -0.15) is 5.10 Å². The van der Waals surface area contributed by atoms with E-state index >= 15 is 0 Å². The van der Waals surface area contributed by atoms with Crippen molar-refractivity contribution < 1.29 is 19.6 Å². The minimum Gasteiger partial charge on any atom is -0.481 e. The lowest BCUT2D eigenvalue weighted by molar-refractivity contribution is -0.384. The van der Waals surface area contributed by atoms with Crippen LogP contribution in [0.25, 0.3) is 0 Å². The third-order valence-electron chi connectivity index (χ3n) is 2.74. The molecule has 0 unspecified atom stereocenters. The number of carboxylic acid groups (broad SMARTS) is 1. The molecule has 10 heteroatoms. The molecule has 0 bridgehead atoms. The first-order valence-electron chi connectivity index (χ1n) is 6.16. The number of thioether (sulfide) groups is 1. The maximum Gasteiger partial charge on any atom is 0.305 e. The molecular weight excluding hydrogens is 312 g/mol. The van der Waals surface area contributed by atoms with Crippen LogP contribution in [0.3, 0.4) is 0 Å². The molecule has 2 rings (SSSR count). The van der Waals surface area contributed by atoms with Gasteiger partial charge >= 0.3 is 5.97 Å². The van der Waals surface area contributed by atoms with Gasteiger partial charge in [-0.3, -0.25) is 25.1 Å². The summed E-state index contributed by atoms with van der Waals surface area (Å²) >= 11 is 1.13. The molecule has 116 valence electrons. The fourth-order valence-electron chi connectivity index (χ4n) is 1.71. The molecule has 1 amide bonds. The number of hydrogen-bond acceptors (Lipinski definition) is 7. The Kier molecular flexibility index (Phi) is 4.94. The van der Waals surface area contributed by atoms with Crippen molar-refractivity contribution in [2.45, 2.75) is 17.2 Å². The molecule has 0 radical (unpaired) electrons. The summed E-state index contributed by atoms with van der Waals surface area (Å²) in [4.78, 5) is 32.1. The van der Waals surface area contributed by atoms with Gasteiger partial charge < -0.3 is 10.4 Å². The van der Waals surface area contributed by atoms with Gasteiger partial charge in [0, 0.05) is 12.1 Å². The topological polar surface area (TPSA) is 134 Å². The lowest BCUT2D eigenvalue weighted by Crippen LogP contribution is -2.35. The zero-order valence-electron chi connectivity index (χ0n) is 11.1. The standard InChI is InChI=1S/C12H12N4O5S/c17-10(18)5-9-11(19)14-12(22-9)15-13-6-7-1-3-8(4-2-7)16(20)21/h1-4,6,9,12,15H,5H2,(H,14,19)(H,17,18)/b13-6-/t9-,12+/m1/s1. The zero-order valence-corrected chi connectivity index (χ0v) is 11.9. The van der Waals surface area contributed by atoms with Gasteiger partial charge in [-0.1, -0.05) is 0 Å². The number of nitro benzene ring substituents is 1. The average molecular weight is 324 g/mol. The van der Waals surface area contributed by atoms with Crippen molar-refractivity contribution >= 4 is 35.5 Å².